The zero-order chi connectivity index (χ0) is 17.4. The highest BCUT2D eigenvalue weighted by Crippen LogP contribution is 2.32. The summed E-state index contributed by atoms with van der Waals surface area (Å²) in [5, 5.41) is 5.66. The maximum absolute atomic E-state index is 11.9. The Morgan fingerprint density at radius 1 is 1.25 bits per heavy atom. The summed E-state index contributed by atoms with van der Waals surface area (Å²) < 4.78 is 16.4. The fourth-order valence-corrected chi connectivity index (χ4v) is 2.86. The van der Waals surface area contributed by atoms with E-state index in [9.17, 15) is 4.79 Å². The van der Waals surface area contributed by atoms with Crippen LogP contribution in [0.15, 0.2) is 18.2 Å². The molecule has 1 aliphatic rings. The number of methoxy groups -OCH3 is 2. The standard InChI is InChI=1S/C18H28N2O4/c1-13(12-22-2)20-18(21)19-11-14-8-9-16(23-3)17(10-14)24-15-6-4-5-7-15/h8-10,13,15H,4-7,11-12H2,1-3H3,(H2,19,20,21). The summed E-state index contributed by atoms with van der Waals surface area (Å²) in [4.78, 5) is 11.9. The molecule has 0 spiro atoms. The van der Waals surface area contributed by atoms with Crippen LogP contribution in [0.4, 0.5) is 4.79 Å². The van der Waals surface area contributed by atoms with E-state index in [0.29, 0.717) is 13.2 Å². The van der Waals surface area contributed by atoms with Crippen LogP contribution in [0.1, 0.15) is 38.2 Å². The average Bonchev–Trinajstić information content (AvgIpc) is 3.06. The number of benzene rings is 1. The molecule has 1 aromatic carbocycles. The normalized spacial score (nSPS) is 15.8. The number of hydrogen-bond acceptors (Lipinski definition) is 4. The van der Waals surface area contributed by atoms with Crippen molar-refractivity contribution in [3.05, 3.63) is 23.8 Å². The topological polar surface area (TPSA) is 68.8 Å². The second-order valence-corrected chi connectivity index (χ2v) is 6.19. The van der Waals surface area contributed by atoms with Crippen molar-refractivity contribution in [3.63, 3.8) is 0 Å². The van der Waals surface area contributed by atoms with Gasteiger partial charge in [-0.1, -0.05) is 6.07 Å². The molecule has 1 atom stereocenters. The highest BCUT2D eigenvalue weighted by atomic mass is 16.5. The van der Waals surface area contributed by atoms with Gasteiger partial charge in [0.25, 0.3) is 0 Å². The first-order chi connectivity index (χ1) is 11.6. The van der Waals surface area contributed by atoms with E-state index in [1.165, 1.54) is 12.8 Å². The van der Waals surface area contributed by atoms with E-state index in [1.807, 2.05) is 25.1 Å². The van der Waals surface area contributed by atoms with Gasteiger partial charge >= 0.3 is 6.03 Å². The lowest BCUT2D eigenvalue weighted by molar-refractivity contribution is 0.171. The molecule has 2 rings (SSSR count). The van der Waals surface area contributed by atoms with Gasteiger partial charge in [-0.2, -0.15) is 0 Å². The minimum Gasteiger partial charge on any atom is -0.493 e. The lowest BCUT2D eigenvalue weighted by atomic mass is 10.2. The third kappa shape index (κ3) is 5.60. The van der Waals surface area contributed by atoms with Crippen LogP contribution in [-0.2, 0) is 11.3 Å². The summed E-state index contributed by atoms with van der Waals surface area (Å²) in [5.74, 6) is 1.47. The van der Waals surface area contributed by atoms with Gasteiger partial charge in [0.2, 0.25) is 0 Å². The lowest BCUT2D eigenvalue weighted by Gasteiger charge is -2.17. The fraction of sp³-hybridized carbons (Fsp3) is 0.611. The van der Waals surface area contributed by atoms with Crippen molar-refractivity contribution in [2.45, 2.75) is 51.3 Å². The monoisotopic (exact) mass is 336 g/mol. The van der Waals surface area contributed by atoms with Crippen LogP contribution in [-0.4, -0.2) is 39.0 Å². The highest BCUT2D eigenvalue weighted by Gasteiger charge is 2.18. The van der Waals surface area contributed by atoms with Gasteiger partial charge in [0.05, 0.1) is 25.9 Å². The number of urea groups is 1. The molecule has 1 saturated carbocycles. The van der Waals surface area contributed by atoms with Gasteiger partial charge in [-0.15, -0.1) is 0 Å². The van der Waals surface area contributed by atoms with E-state index in [0.717, 1.165) is 29.9 Å². The van der Waals surface area contributed by atoms with E-state index >= 15 is 0 Å². The predicted octanol–water partition coefficient (Wildman–Crippen LogP) is 2.85. The summed E-state index contributed by atoms with van der Waals surface area (Å²) in [6.45, 7) is 2.80. The molecular weight excluding hydrogens is 308 g/mol. The minimum absolute atomic E-state index is 0.0351. The SMILES string of the molecule is COCC(C)NC(=O)NCc1ccc(OC)c(OC2CCCC2)c1. The number of amides is 2. The van der Waals surface area contributed by atoms with Gasteiger partial charge in [0, 0.05) is 13.7 Å². The minimum atomic E-state index is -0.214. The summed E-state index contributed by atoms with van der Waals surface area (Å²) in [7, 11) is 3.25. The predicted molar refractivity (Wildman–Crippen MR) is 92.6 cm³/mol. The Balaban J connectivity index is 1.91. The molecule has 6 nitrogen and oxygen atoms in total. The van der Waals surface area contributed by atoms with Crippen molar-refractivity contribution >= 4 is 6.03 Å². The molecule has 0 bridgehead atoms. The number of rotatable bonds is 8. The molecule has 6 heteroatoms. The highest BCUT2D eigenvalue weighted by molar-refractivity contribution is 5.74. The Hall–Kier alpha value is -1.95. The van der Waals surface area contributed by atoms with Crippen molar-refractivity contribution in [1.82, 2.24) is 10.6 Å². The Morgan fingerprint density at radius 3 is 2.67 bits per heavy atom. The molecule has 1 aromatic rings. The summed E-state index contributed by atoms with van der Waals surface area (Å²) in [5.41, 5.74) is 0.971. The number of carbonyl (C=O) groups excluding carboxylic acids is 1. The van der Waals surface area contributed by atoms with Crippen LogP contribution < -0.4 is 20.1 Å². The molecule has 1 fully saturated rings. The maximum Gasteiger partial charge on any atom is 0.315 e. The first kappa shape index (κ1) is 18.4. The fourth-order valence-electron chi connectivity index (χ4n) is 2.86. The lowest BCUT2D eigenvalue weighted by Crippen LogP contribution is -2.42. The van der Waals surface area contributed by atoms with Gasteiger partial charge in [0.1, 0.15) is 0 Å². The van der Waals surface area contributed by atoms with Crippen molar-refractivity contribution in [2.75, 3.05) is 20.8 Å². The van der Waals surface area contributed by atoms with Crippen molar-refractivity contribution in [3.8, 4) is 11.5 Å². The average molecular weight is 336 g/mol. The summed E-state index contributed by atoms with van der Waals surface area (Å²) >= 11 is 0. The quantitative estimate of drug-likeness (QED) is 0.766. The first-order valence-electron chi connectivity index (χ1n) is 8.49. The zero-order valence-electron chi connectivity index (χ0n) is 14.8. The van der Waals surface area contributed by atoms with E-state index in [4.69, 9.17) is 14.2 Å². The molecule has 0 radical (unpaired) electrons. The van der Waals surface area contributed by atoms with E-state index in [1.54, 1.807) is 14.2 Å². The van der Waals surface area contributed by atoms with Crippen LogP contribution in [0.25, 0.3) is 0 Å². The Morgan fingerprint density at radius 2 is 2.00 bits per heavy atom. The molecule has 1 aliphatic carbocycles. The largest absolute Gasteiger partial charge is 0.493 e. The molecule has 0 heterocycles. The second kappa shape index (κ2) is 9.37. The third-order valence-corrected chi connectivity index (χ3v) is 4.07. The number of hydrogen-bond donors (Lipinski definition) is 2. The molecule has 134 valence electrons. The van der Waals surface area contributed by atoms with Gasteiger partial charge in [0.15, 0.2) is 11.5 Å². The molecule has 1 unspecified atom stereocenters. The summed E-state index contributed by atoms with van der Waals surface area (Å²) in [6.07, 6.45) is 4.87. The number of ether oxygens (including phenoxy) is 3. The van der Waals surface area contributed by atoms with Gasteiger partial charge < -0.3 is 24.8 Å². The van der Waals surface area contributed by atoms with Crippen molar-refractivity contribution in [1.29, 1.82) is 0 Å². The van der Waals surface area contributed by atoms with E-state index < -0.39 is 0 Å². The van der Waals surface area contributed by atoms with Gasteiger partial charge in [-0.3, -0.25) is 0 Å². The Kier molecular flexibility index (Phi) is 7.18. The van der Waals surface area contributed by atoms with Crippen LogP contribution in [0, 0.1) is 0 Å². The van der Waals surface area contributed by atoms with Crippen LogP contribution in [0.5, 0.6) is 11.5 Å². The molecule has 24 heavy (non-hydrogen) atoms. The van der Waals surface area contributed by atoms with Gasteiger partial charge in [-0.05, 0) is 50.3 Å². The molecular formula is C18H28N2O4. The molecule has 0 aromatic heterocycles. The van der Waals surface area contributed by atoms with Crippen LogP contribution >= 0.6 is 0 Å². The maximum atomic E-state index is 11.9. The zero-order valence-corrected chi connectivity index (χ0v) is 14.8. The first-order valence-corrected chi connectivity index (χ1v) is 8.49. The summed E-state index contributed by atoms with van der Waals surface area (Å²) in [6, 6.07) is 5.50. The number of nitrogens with one attached hydrogen (secondary N) is 2. The molecule has 2 amide bonds. The van der Waals surface area contributed by atoms with Crippen LogP contribution in [0.3, 0.4) is 0 Å². The number of carbonyl (C=O) groups is 1. The molecule has 0 aliphatic heterocycles. The molecule has 2 N–H and O–H groups in total. The smallest absolute Gasteiger partial charge is 0.315 e. The van der Waals surface area contributed by atoms with E-state index in [2.05, 4.69) is 10.6 Å². The van der Waals surface area contributed by atoms with Crippen molar-refractivity contribution in [2.24, 2.45) is 0 Å². The Labute approximate surface area is 143 Å². The van der Waals surface area contributed by atoms with Crippen LogP contribution in [0.2, 0.25) is 0 Å². The van der Waals surface area contributed by atoms with Gasteiger partial charge in [-0.25, -0.2) is 4.79 Å². The third-order valence-electron chi connectivity index (χ3n) is 4.07. The van der Waals surface area contributed by atoms with E-state index in [-0.39, 0.29) is 18.2 Å². The second-order valence-electron chi connectivity index (χ2n) is 6.19. The van der Waals surface area contributed by atoms with Crippen molar-refractivity contribution < 1.29 is 19.0 Å². The molecule has 0 saturated heterocycles. The Bertz CT molecular complexity index is 530.